The minimum absolute atomic E-state index is 0.242. The number of rotatable bonds is 3. The summed E-state index contributed by atoms with van der Waals surface area (Å²) in [5, 5.41) is 0. The van der Waals surface area contributed by atoms with Gasteiger partial charge in [0.05, 0.1) is 0 Å². The lowest BCUT2D eigenvalue weighted by atomic mass is 9.89. The van der Waals surface area contributed by atoms with Gasteiger partial charge in [0, 0.05) is 31.5 Å². The monoisotopic (exact) mass is 209 g/mol. The molecule has 0 aromatic rings. The van der Waals surface area contributed by atoms with Crippen LogP contribution in [0.25, 0.3) is 0 Å². The van der Waals surface area contributed by atoms with Crippen LogP contribution in [-0.4, -0.2) is 29.8 Å². The highest BCUT2D eigenvalue weighted by Gasteiger charge is 2.44. The van der Waals surface area contributed by atoms with E-state index in [0.29, 0.717) is 17.2 Å². The van der Waals surface area contributed by atoms with Gasteiger partial charge in [-0.3, -0.25) is 9.69 Å². The number of ketones is 1. The van der Waals surface area contributed by atoms with E-state index in [-0.39, 0.29) is 5.92 Å². The van der Waals surface area contributed by atoms with Crippen molar-refractivity contribution in [2.24, 2.45) is 11.3 Å². The van der Waals surface area contributed by atoms with Crippen LogP contribution >= 0.6 is 0 Å². The third-order valence-electron chi connectivity index (χ3n) is 4.70. The summed E-state index contributed by atoms with van der Waals surface area (Å²) in [7, 11) is 0. The van der Waals surface area contributed by atoms with Crippen molar-refractivity contribution in [1.82, 2.24) is 4.90 Å². The number of hydrogen-bond acceptors (Lipinski definition) is 2. The minimum Gasteiger partial charge on any atom is -0.299 e. The molecular weight excluding hydrogens is 186 g/mol. The average molecular weight is 209 g/mol. The summed E-state index contributed by atoms with van der Waals surface area (Å²) in [6.45, 7) is 8.82. The molecule has 2 heteroatoms. The molecule has 86 valence electrons. The van der Waals surface area contributed by atoms with Gasteiger partial charge in [0.1, 0.15) is 5.78 Å². The van der Waals surface area contributed by atoms with Crippen LogP contribution < -0.4 is 0 Å². The zero-order chi connectivity index (χ0) is 11.1. The first-order valence-electron chi connectivity index (χ1n) is 6.35. The van der Waals surface area contributed by atoms with Gasteiger partial charge in [-0.25, -0.2) is 0 Å². The van der Waals surface area contributed by atoms with Crippen molar-refractivity contribution in [2.75, 3.05) is 13.1 Å². The van der Waals surface area contributed by atoms with E-state index < -0.39 is 0 Å². The van der Waals surface area contributed by atoms with E-state index in [1.165, 1.54) is 25.8 Å². The van der Waals surface area contributed by atoms with Gasteiger partial charge in [0.25, 0.3) is 0 Å². The minimum atomic E-state index is 0.242. The molecule has 2 aliphatic rings. The molecule has 0 N–H and O–H groups in total. The van der Waals surface area contributed by atoms with Crippen LogP contribution in [0.1, 0.15) is 46.5 Å². The predicted molar refractivity (Wildman–Crippen MR) is 61.8 cm³/mol. The molecule has 1 heterocycles. The van der Waals surface area contributed by atoms with Crippen molar-refractivity contribution < 1.29 is 4.79 Å². The molecule has 0 bridgehead atoms. The number of carbonyl (C=O) groups is 1. The Morgan fingerprint density at radius 1 is 1.40 bits per heavy atom. The van der Waals surface area contributed by atoms with Gasteiger partial charge in [-0.2, -0.15) is 0 Å². The summed E-state index contributed by atoms with van der Waals surface area (Å²) in [4.78, 5) is 14.1. The number of nitrogens with zero attached hydrogens (tertiary/aromatic N) is 1. The predicted octanol–water partition coefficient (Wildman–Crippen LogP) is 2.48. The van der Waals surface area contributed by atoms with Gasteiger partial charge in [-0.1, -0.05) is 13.8 Å². The smallest absolute Gasteiger partial charge is 0.138 e. The van der Waals surface area contributed by atoms with Crippen LogP contribution in [-0.2, 0) is 4.79 Å². The molecule has 0 aromatic carbocycles. The summed E-state index contributed by atoms with van der Waals surface area (Å²) in [6.07, 6.45) is 4.87. The molecule has 0 aromatic heterocycles. The molecule has 0 spiro atoms. The van der Waals surface area contributed by atoms with Crippen LogP contribution in [0.15, 0.2) is 0 Å². The molecule has 1 saturated heterocycles. The van der Waals surface area contributed by atoms with E-state index in [1.54, 1.807) is 0 Å². The van der Waals surface area contributed by atoms with Crippen molar-refractivity contribution in [3.05, 3.63) is 0 Å². The Bertz CT molecular complexity index is 257. The Labute approximate surface area is 93.0 Å². The van der Waals surface area contributed by atoms with E-state index in [4.69, 9.17) is 0 Å². The second kappa shape index (κ2) is 3.89. The van der Waals surface area contributed by atoms with Crippen LogP contribution in [0.5, 0.6) is 0 Å². The molecule has 2 atom stereocenters. The van der Waals surface area contributed by atoms with Crippen LogP contribution in [0.3, 0.4) is 0 Å². The van der Waals surface area contributed by atoms with E-state index in [0.717, 1.165) is 13.0 Å². The average Bonchev–Trinajstić information content (AvgIpc) is 3.00. The van der Waals surface area contributed by atoms with E-state index in [9.17, 15) is 4.79 Å². The SMILES string of the molecule is CCC1(CN2CCC(=O)C(C)C2C)CC1. The van der Waals surface area contributed by atoms with Gasteiger partial charge in [0.2, 0.25) is 0 Å². The van der Waals surface area contributed by atoms with Crippen LogP contribution in [0.2, 0.25) is 0 Å². The first-order valence-corrected chi connectivity index (χ1v) is 6.35. The normalized spacial score (nSPS) is 35.5. The number of piperidine rings is 1. The fourth-order valence-electron chi connectivity index (χ4n) is 2.72. The lowest BCUT2D eigenvalue weighted by molar-refractivity contribution is -0.128. The summed E-state index contributed by atoms with van der Waals surface area (Å²) in [5.41, 5.74) is 0.619. The molecule has 2 nitrogen and oxygen atoms in total. The fourth-order valence-corrected chi connectivity index (χ4v) is 2.72. The molecule has 1 aliphatic heterocycles. The van der Waals surface area contributed by atoms with Gasteiger partial charge >= 0.3 is 0 Å². The van der Waals surface area contributed by atoms with E-state index in [1.807, 2.05) is 0 Å². The van der Waals surface area contributed by atoms with Crippen LogP contribution in [0, 0.1) is 11.3 Å². The highest BCUT2D eigenvalue weighted by atomic mass is 16.1. The summed E-state index contributed by atoms with van der Waals surface area (Å²) in [6, 6.07) is 0.454. The van der Waals surface area contributed by atoms with Crippen molar-refractivity contribution in [2.45, 2.75) is 52.5 Å². The Hall–Kier alpha value is -0.370. The topological polar surface area (TPSA) is 20.3 Å². The number of carbonyl (C=O) groups excluding carboxylic acids is 1. The zero-order valence-electron chi connectivity index (χ0n) is 10.3. The number of likely N-dealkylation sites (tertiary alicyclic amines) is 1. The quantitative estimate of drug-likeness (QED) is 0.711. The molecular formula is C13H23NO. The van der Waals surface area contributed by atoms with Crippen molar-refractivity contribution in [1.29, 1.82) is 0 Å². The number of hydrogen-bond donors (Lipinski definition) is 0. The van der Waals surface area contributed by atoms with Gasteiger partial charge in [-0.05, 0) is 31.6 Å². The first-order chi connectivity index (χ1) is 7.08. The van der Waals surface area contributed by atoms with Gasteiger partial charge in [-0.15, -0.1) is 0 Å². The number of Topliss-reactive ketones (excluding diaryl/α,β-unsaturated/α-hetero) is 1. The fraction of sp³-hybridized carbons (Fsp3) is 0.923. The zero-order valence-corrected chi connectivity index (χ0v) is 10.3. The first kappa shape index (κ1) is 11.1. The molecule has 0 amide bonds. The highest BCUT2D eigenvalue weighted by molar-refractivity contribution is 5.82. The molecule has 15 heavy (non-hydrogen) atoms. The third-order valence-corrected chi connectivity index (χ3v) is 4.70. The molecule has 0 radical (unpaired) electrons. The Morgan fingerprint density at radius 2 is 2.07 bits per heavy atom. The van der Waals surface area contributed by atoms with Crippen molar-refractivity contribution in [3.63, 3.8) is 0 Å². The second-order valence-corrected chi connectivity index (χ2v) is 5.57. The van der Waals surface area contributed by atoms with Crippen LogP contribution in [0.4, 0.5) is 0 Å². The second-order valence-electron chi connectivity index (χ2n) is 5.57. The standard InChI is InChI=1S/C13H23NO/c1-4-13(6-7-13)9-14-8-5-12(15)10(2)11(14)3/h10-11H,4-9H2,1-3H3. The van der Waals surface area contributed by atoms with Crippen molar-refractivity contribution in [3.8, 4) is 0 Å². The lowest BCUT2D eigenvalue weighted by Crippen LogP contribution is -2.48. The molecule has 1 saturated carbocycles. The Balaban J connectivity index is 1.95. The Morgan fingerprint density at radius 3 is 2.60 bits per heavy atom. The maximum Gasteiger partial charge on any atom is 0.138 e. The van der Waals surface area contributed by atoms with Crippen molar-refractivity contribution >= 4 is 5.78 Å². The summed E-state index contributed by atoms with van der Waals surface area (Å²) in [5.74, 6) is 0.700. The lowest BCUT2D eigenvalue weighted by Gasteiger charge is -2.39. The molecule has 2 unspecified atom stereocenters. The maximum atomic E-state index is 11.6. The largest absolute Gasteiger partial charge is 0.299 e. The Kier molecular flexibility index (Phi) is 2.89. The maximum absolute atomic E-state index is 11.6. The highest BCUT2D eigenvalue weighted by Crippen LogP contribution is 2.49. The van der Waals surface area contributed by atoms with Gasteiger partial charge in [0.15, 0.2) is 0 Å². The molecule has 1 aliphatic carbocycles. The molecule has 2 fully saturated rings. The third kappa shape index (κ3) is 2.10. The molecule has 2 rings (SSSR count). The summed E-state index contributed by atoms with van der Waals surface area (Å²) >= 11 is 0. The summed E-state index contributed by atoms with van der Waals surface area (Å²) < 4.78 is 0. The van der Waals surface area contributed by atoms with Gasteiger partial charge < -0.3 is 0 Å². The van der Waals surface area contributed by atoms with E-state index in [2.05, 4.69) is 25.7 Å². The van der Waals surface area contributed by atoms with E-state index >= 15 is 0 Å².